The van der Waals surface area contributed by atoms with E-state index in [0.717, 1.165) is 61.3 Å². The van der Waals surface area contributed by atoms with Crippen LogP contribution in [0.5, 0.6) is 0 Å². The molecule has 4 heteroatoms. The molecule has 0 bridgehead atoms. The molecule has 2 heterocycles. The molecule has 0 N–H and O–H groups in total. The van der Waals surface area contributed by atoms with Crippen LogP contribution in [0.3, 0.4) is 0 Å². The molecule has 4 nitrogen and oxygen atoms in total. The van der Waals surface area contributed by atoms with E-state index in [9.17, 15) is 0 Å². The first kappa shape index (κ1) is 30.1. The molecule has 0 atom stereocenters. The van der Waals surface area contributed by atoms with Crippen molar-refractivity contribution in [2.45, 2.75) is 38.0 Å². The van der Waals surface area contributed by atoms with Crippen LogP contribution in [0.2, 0.25) is 0 Å². The van der Waals surface area contributed by atoms with E-state index in [0.29, 0.717) is 11.8 Å². The van der Waals surface area contributed by atoms with Crippen LogP contribution in [0, 0.1) is 0 Å². The minimum Gasteiger partial charge on any atom is -0.436 e. The summed E-state index contributed by atoms with van der Waals surface area (Å²) in [6.45, 7) is 0. The summed E-state index contributed by atoms with van der Waals surface area (Å²) in [6.07, 6.45) is 8.26. The number of hydrogen-bond acceptors (Lipinski definition) is 4. The van der Waals surface area contributed by atoms with E-state index < -0.39 is 0 Å². The molecule has 0 saturated heterocycles. The second kappa shape index (κ2) is 13.1. The molecule has 0 unspecified atom stereocenters. The van der Waals surface area contributed by atoms with Crippen LogP contribution in [-0.2, 0) is 0 Å². The summed E-state index contributed by atoms with van der Waals surface area (Å²) in [5.41, 5.74) is 12.5. The van der Waals surface area contributed by atoms with Gasteiger partial charge in [0.1, 0.15) is 5.52 Å². The summed E-state index contributed by atoms with van der Waals surface area (Å²) in [5, 5.41) is 1.04. The standard InChI is InChI=1S/C46H37N3O/c1-5-15-32(16-6-1)35-19-13-20-36(29-35)40-30-37(46-48-45-42(50-46)27-26-34-21-14-28-47-44(34)45)31-41(43(40)33-17-7-2-8-18-33)49(38-22-9-3-10-23-38)39-24-11-4-12-25-39/h2-4,7-14,17-32H,1,5-6,15-16H2. The highest BCUT2D eigenvalue weighted by Gasteiger charge is 2.25. The Morgan fingerprint density at radius 2 is 1.26 bits per heavy atom. The average molecular weight is 648 g/mol. The third kappa shape index (κ3) is 5.63. The summed E-state index contributed by atoms with van der Waals surface area (Å²) < 4.78 is 6.59. The summed E-state index contributed by atoms with van der Waals surface area (Å²) >= 11 is 0. The van der Waals surface area contributed by atoms with E-state index >= 15 is 0 Å². The van der Waals surface area contributed by atoms with Crippen molar-refractivity contribution < 1.29 is 4.42 Å². The number of anilines is 3. The highest BCUT2D eigenvalue weighted by Crippen LogP contribution is 2.48. The van der Waals surface area contributed by atoms with Crippen molar-refractivity contribution in [1.82, 2.24) is 9.97 Å². The maximum atomic E-state index is 6.59. The van der Waals surface area contributed by atoms with Gasteiger partial charge in [-0.25, -0.2) is 4.98 Å². The van der Waals surface area contributed by atoms with Crippen LogP contribution in [0.1, 0.15) is 43.6 Å². The normalized spacial score (nSPS) is 13.5. The number of nitrogens with zero attached hydrogens (tertiary/aromatic N) is 3. The van der Waals surface area contributed by atoms with Crippen LogP contribution in [-0.4, -0.2) is 9.97 Å². The molecule has 0 spiro atoms. The predicted octanol–water partition coefficient (Wildman–Crippen LogP) is 12.9. The third-order valence-corrected chi connectivity index (χ3v) is 10.1. The fourth-order valence-electron chi connectivity index (χ4n) is 7.69. The SMILES string of the molecule is c1ccc(-c2c(-c3cccc(C4CCCCC4)c3)cc(-c3nc4c(ccc5cccnc54)o3)cc2N(c2ccccc2)c2ccccc2)cc1. The lowest BCUT2D eigenvalue weighted by Crippen LogP contribution is -2.12. The maximum Gasteiger partial charge on any atom is 0.227 e. The molecule has 8 aromatic rings. The van der Waals surface area contributed by atoms with Crippen LogP contribution >= 0.6 is 0 Å². The van der Waals surface area contributed by atoms with E-state index in [1.807, 2.05) is 18.3 Å². The van der Waals surface area contributed by atoms with Gasteiger partial charge >= 0.3 is 0 Å². The first-order chi connectivity index (χ1) is 24.8. The minimum atomic E-state index is 0.574. The molecule has 0 amide bonds. The van der Waals surface area contributed by atoms with E-state index in [4.69, 9.17) is 9.40 Å². The van der Waals surface area contributed by atoms with Crippen molar-refractivity contribution in [3.8, 4) is 33.7 Å². The van der Waals surface area contributed by atoms with Gasteiger partial charge in [0.05, 0.1) is 11.2 Å². The Balaban J connectivity index is 1.35. The number of fused-ring (bicyclic) bond motifs is 3. The van der Waals surface area contributed by atoms with Crippen LogP contribution < -0.4 is 4.90 Å². The lowest BCUT2D eigenvalue weighted by molar-refractivity contribution is 0.444. The molecule has 1 aliphatic carbocycles. The first-order valence-corrected chi connectivity index (χ1v) is 17.7. The van der Waals surface area contributed by atoms with Gasteiger partial charge in [0, 0.05) is 34.1 Å². The molecule has 50 heavy (non-hydrogen) atoms. The lowest BCUT2D eigenvalue weighted by Gasteiger charge is -2.30. The number of benzene rings is 6. The van der Waals surface area contributed by atoms with Crippen LogP contribution in [0.4, 0.5) is 17.1 Å². The van der Waals surface area contributed by atoms with Crippen LogP contribution in [0.15, 0.2) is 162 Å². The third-order valence-electron chi connectivity index (χ3n) is 10.1. The fourth-order valence-corrected chi connectivity index (χ4v) is 7.69. The number of rotatable bonds is 7. The highest BCUT2D eigenvalue weighted by molar-refractivity contribution is 6.03. The van der Waals surface area contributed by atoms with Gasteiger partial charge in [0.2, 0.25) is 5.89 Å². The number of para-hydroxylation sites is 2. The smallest absolute Gasteiger partial charge is 0.227 e. The molecule has 242 valence electrons. The summed E-state index contributed by atoms with van der Waals surface area (Å²) in [4.78, 5) is 12.2. The minimum absolute atomic E-state index is 0.574. The fraction of sp³-hybridized carbons (Fsp3) is 0.130. The van der Waals surface area contributed by atoms with Crippen molar-refractivity contribution >= 4 is 39.1 Å². The Morgan fingerprint density at radius 1 is 0.560 bits per heavy atom. The summed E-state index contributed by atoms with van der Waals surface area (Å²) in [5.74, 6) is 1.17. The predicted molar refractivity (Wildman–Crippen MR) is 206 cm³/mol. The van der Waals surface area contributed by atoms with E-state index in [1.54, 1.807) is 0 Å². The molecule has 2 aromatic heterocycles. The zero-order chi connectivity index (χ0) is 33.3. The quantitative estimate of drug-likeness (QED) is 0.173. The van der Waals surface area contributed by atoms with Gasteiger partial charge in [-0.15, -0.1) is 0 Å². The molecule has 9 rings (SSSR count). The molecule has 0 aliphatic heterocycles. The maximum absolute atomic E-state index is 6.59. The number of hydrogen-bond donors (Lipinski definition) is 0. The second-order valence-corrected chi connectivity index (χ2v) is 13.3. The highest BCUT2D eigenvalue weighted by atomic mass is 16.3. The Kier molecular flexibility index (Phi) is 7.90. The first-order valence-electron chi connectivity index (χ1n) is 17.7. The van der Waals surface area contributed by atoms with Gasteiger partial charge in [0.25, 0.3) is 0 Å². The van der Waals surface area contributed by atoms with Gasteiger partial charge in [-0.1, -0.05) is 116 Å². The van der Waals surface area contributed by atoms with Crippen molar-refractivity contribution in [2.24, 2.45) is 0 Å². The van der Waals surface area contributed by atoms with Gasteiger partial charge in [0.15, 0.2) is 5.58 Å². The van der Waals surface area contributed by atoms with E-state index in [1.165, 1.54) is 43.2 Å². The zero-order valence-corrected chi connectivity index (χ0v) is 27.9. The van der Waals surface area contributed by atoms with E-state index in [2.05, 4.69) is 149 Å². The number of pyridine rings is 1. The van der Waals surface area contributed by atoms with Crippen molar-refractivity contribution in [3.63, 3.8) is 0 Å². The molecule has 1 fully saturated rings. The van der Waals surface area contributed by atoms with Gasteiger partial charge in [-0.05, 0) is 95.6 Å². The Labute approximate surface area is 292 Å². The second-order valence-electron chi connectivity index (χ2n) is 13.3. The lowest BCUT2D eigenvalue weighted by atomic mass is 9.82. The van der Waals surface area contributed by atoms with Crippen molar-refractivity contribution in [3.05, 3.63) is 163 Å². The molecular formula is C46H37N3O. The monoisotopic (exact) mass is 647 g/mol. The molecule has 0 radical (unpaired) electrons. The zero-order valence-electron chi connectivity index (χ0n) is 27.9. The topological polar surface area (TPSA) is 42.2 Å². The summed E-state index contributed by atoms with van der Waals surface area (Å²) in [7, 11) is 0. The van der Waals surface area contributed by atoms with Gasteiger partial charge in [-0.3, -0.25) is 4.98 Å². The summed E-state index contributed by atoms with van der Waals surface area (Å²) in [6, 6.07) is 53.9. The molecular weight excluding hydrogens is 611 g/mol. The average Bonchev–Trinajstić information content (AvgIpc) is 3.65. The molecule has 1 aliphatic rings. The van der Waals surface area contributed by atoms with Gasteiger partial charge < -0.3 is 9.32 Å². The van der Waals surface area contributed by atoms with Crippen molar-refractivity contribution in [2.75, 3.05) is 4.90 Å². The van der Waals surface area contributed by atoms with Crippen LogP contribution in [0.25, 0.3) is 55.7 Å². The Morgan fingerprint density at radius 3 is 2.00 bits per heavy atom. The van der Waals surface area contributed by atoms with Gasteiger partial charge in [-0.2, -0.15) is 0 Å². The Hall–Kier alpha value is -6.00. The number of oxazole rings is 1. The molecule has 6 aromatic carbocycles. The van der Waals surface area contributed by atoms with Crippen molar-refractivity contribution in [1.29, 1.82) is 0 Å². The Bertz CT molecular complexity index is 2370. The molecule has 1 saturated carbocycles. The van der Waals surface area contributed by atoms with E-state index in [-0.39, 0.29) is 0 Å². The largest absolute Gasteiger partial charge is 0.436 e. The number of aromatic nitrogens is 2.